The van der Waals surface area contributed by atoms with Crippen LogP contribution in [0.4, 0.5) is 11.4 Å². The number of anilines is 2. The maximum absolute atomic E-state index is 9.61. The second kappa shape index (κ2) is 6.10. The van der Waals surface area contributed by atoms with E-state index >= 15 is 0 Å². The molecule has 0 aliphatic carbocycles. The summed E-state index contributed by atoms with van der Waals surface area (Å²) in [6, 6.07) is 17.7. The molecule has 0 bridgehead atoms. The highest BCUT2D eigenvalue weighted by atomic mass is 16.3. The van der Waals surface area contributed by atoms with Gasteiger partial charge in [-0.25, -0.2) is 0 Å². The lowest BCUT2D eigenvalue weighted by molar-refractivity contribution is 0.475. The van der Waals surface area contributed by atoms with Crippen LogP contribution < -0.4 is 4.90 Å². The fraction of sp³-hybridized carbons (Fsp3) is 0.250. The van der Waals surface area contributed by atoms with Gasteiger partial charge in [-0.15, -0.1) is 0 Å². The maximum atomic E-state index is 9.61. The summed E-state index contributed by atoms with van der Waals surface area (Å²) in [6.07, 6.45) is 2.28. The first-order valence-corrected chi connectivity index (χ1v) is 6.43. The van der Waals surface area contributed by atoms with Crippen LogP contribution in [0.25, 0.3) is 0 Å². The molecule has 2 aromatic carbocycles. The van der Waals surface area contributed by atoms with Gasteiger partial charge in [0, 0.05) is 24.0 Å². The minimum atomic E-state index is 0.310. The highest BCUT2D eigenvalue weighted by Crippen LogP contribution is 2.28. The van der Waals surface area contributed by atoms with E-state index in [1.807, 2.05) is 36.4 Å². The summed E-state index contributed by atoms with van der Waals surface area (Å²) < 4.78 is 0. The smallest absolute Gasteiger partial charge is 0.117 e. The highest BCUT2D eigenvalue weighted by molar-refractivity contribution is 5.64. The number of para-hydroxylation sites is 1. The summed E-state index contributed by atoms with van der Waals surface area (Å²) in [6.45, 7) is 3.15. The summed E-state index contributed by atoms with van der Waals surface area (Å²) in [7, 11) is 0. The molecule has 94 valence electrons. The average Bonchev–Trinajstić information content (AvgIpc) is 2.40. The minimum Gasteiger partial charge on any atom is -0.508 e. The zero-order valence-corrected chi connectivity index (χ0v) is 10.7. The van der Waals surface area contributed by atoms with Crippen molar-refractivity contribution in [1.29, 1.82) is 0 Å². The molecular formula is C16H19NO. The van der Waals surface area contributed by atoms with Crippen molar-refractivity contribution in [2.24, 2.45) is 0 Å². The van der Waals surface area contributed by atoms with Crippen molar-refractivity contribution in [2.75, 3.05) is 11.4 Å². The van der Waals surface area contributed by atoms with Gasteiger partial charge in [0.25, 0.3) is 0 Å². The molecule has 0 saturated carbocycles. The van der Waals surface area contributed by atoms with Crippen molar-refractivity contribution in [3.8, 4) is 5.75 Å². The van der Waals surface area contributed by atoms with Crippen LogP contribution in [-0.4, -0.2) is 11.7 Å². The van der Waals surface area contributed by atoms with Gasteiger partial charge in [0.2, 0.25) is 0 Å². The van der Waals surface area contributed by atoms with E-state index in [4.69, 9.17) is 0 Å². The molecule has 18 heavy (non-hydrogen) atoms. The van der Waals surface area contributed by atoms with Crippen LogP contribution >= 0.6 is 0 Å². The van der Waals surface area contributed by atoms with Crippen LogP contribution in [0, 0.1) is 0 Å². The predicted molar refractivity (Wildman–Crippen MR) is 76.5 cm³/mol. The van der Waals surface area contributed by atoms with Crippen molar-refractivity contribution in [3.05, 3.63) is 54.6 Å². The van der Waals surface area contributed by atoms with Crippen molar-refractivity contribution in [3.63, 3.8) is 0 Å². The lowest BCUT2D eigenvalue weighted by Crippen LogP contribution is -2.18. The van der Waals surface area contributed by atoms with Gasteiger partial charge in [0.1, 0.15) is 5.75 Å². The third-order valence-electron chi connectivity index (χ3n) is 2.94. The molecule has 0 radical (unpaired) electrons. The van der Waals surface area contributed by atoms with Gasteiger partial charge in [-0.1, -0.05) is 37.6 Å². The molecule has 1 N–H and O–H groups in total. The summed E-state index contributed by atoms with van der Waals surface area (Å²) in [5, 5.41) is 9.61. The van der Waals surface area contributed by atoms with Gasteiger partial charge in [0.15, 0.2) is 0 Å². The molecule has 0 saturated heterocycles. The molecule has 0 atom stereocenters. The fourth-order valence-corrected chi connectivity index (χ4v) is 1.99. The van der Waals surface area contributed by atoms with E-state index in [1.54, 1.807) is 6.07 Å². The summed E-state index contributed by atoms with van der Waals surface area (Å²) in [5.41, 5.74) is 2.20. The standard InChI is InChI=1S/C16H19NO/c1-2-3-12-17(14-8-5-4-6-9-14)15-10-7-11-16(18)13-15/h4-11,13,18H,2-3,12H2,1H3. The monoisotopic (exact) mass is 241 g/mol. The third kappa shape index (κ3) is 3.04. The van der Waals surface area contributed by atoms with Crippen molar-refractivity contribution >= 4 is 11.4 Å². The fourth-order valence-electron chi connectivity index (χ4n) is 1.99. The molecule has 0 aliphatic rings. The Hall–Kier alpha value is -1.96. The lowest BCUT2D eigenvalue weighted by atomic mass is 10.2. The van der Waals surface area contributed by atoms with Crippen LogP contribution in [0.1, 0.15) is 19.8 Å². The second-order valence-corrected chi connectivity index (χ2v) is 4.36. The first kappa shape index (κ1) is 12.5. The van der Waals surface area contributed by atoms with Gasteiger partial charge >= 0.3 is 0 Å². The number of rotatable bonds is 5. The quantitative estimate of drug-likeness (QED) is 0.842. The zero-order valence-electron chi connectivity index (χ0n) is 10.7. The molecule has 0 aliphatic heterocycles. The van der Waals surface area contributed by atoms with Crippen LogP contribution in [-0.2, 0) is 0 Å². The molecule has 0 unspecified atom stereocenters. The van der Waals surface area contributed by atoms with E-state index in [1.165, 1.54) is 0 Å². The Morgan fingerprint density at radius 2 is 1.67 bits per heavy atom. The number of benzene rings is 2. The van der Waals surface area contributed by atoms with E-state index in [0.29, 0.717) is 5.75 Å². The Morgan fingerprint density at radius 1 is 0.944 bits per heavy atom. The first-order chi connectivity index (χ1) is 8.81. The Labute approximate surface area is 109 Å². The van der Waals surface area contributed by atoms with Gasteiger partial charge in [-0.2, -0.15) is 0 Å². The van der Waals surface area contributed by atoms with Crippen molar-refractivity contribution < 1.29 is 5.11 Å². The normalized spacial score (nSPS) is 10.3. The molecule has 2 aromatic rings. The zero-order chi connectivity index (χ0) is 12.8. The number of phenolic OH excluding ortho intramolecular Hbond substituents is 1. The Balaban J connectivity index is 2.31. The number of hydrogen-bond donors (Lipinski definition) is 1. The molecule has 2 nitrogen and oxygen atoms in total. The van der Waals surface area contributed by atoms with Crippen LogP contribution in [0.2, 0.25) is 0 Å². The molecule has 0 spiro atoms. The summed E-state index contributed by atoms with van der Waals surface area (Å²) >= 11 is 0. The van der Waals surface area contributed by atoms with Gasteiger partial charge in [-0.05, 0) is 30.7 Å². The van der Waals surface area contributed by atoms with Crippen LogP contribution in [0.3, 0.4) is 0 Å². The van der Waals surface area contributed by atoms with Crippen LogP contribution in [0.5, 0.6) is 5.75 Å². The number of hydrogen-bond acceptors (Lipinski definition) is 2. The van der Waals surface area contributed by atoms with Crippen molar-refractivity contribution in [2.45, 2.75) is 19.8 Å². The number of nitrogens with zero attached hydrogens (tertiary/aromatic N) is 1. The Kier molecular flexibility index (Phi) is 4.24. The number of aromatic hydroxyl groups is 1. The van der Waals surface area contributed by atoms with Gasteiger partial charge < -0.3 is 10.0 Å². The number of unbranched alkanes of at least 4 members (excludes halogenated alkanes) is 1. The van der Waals surface area contributed by atoms with Crippen molar-refractivity contribution in [1.82, 2.24) is 0 Å². The second-order valence-electron chi connectivity index (χ2n) is 4.36. The molecular weight excluding hydrogens is 222 g/mol. The van der Waals surface area contributed by atoms with E-state index in [-0.39, 0.29) is 0 Å². The molecule has 0 amide bonds. The van der Waals surface area contributed by atoms with E-state index < -0.39 is 0 Å². The van der Waals surface area contributed by atoms with Gasteiger partial charge in [0.05, 0.1) is 0 Å². The molecule has 0 aromatic heterocycles. The molecule has 2 heteroatoms. The molecule has 2 rings (SSSR count). The van der Waals surface area contributed by atoms with E-state index in [0.717, 1.165) is 30.8 Å². The molecule has 0 heterocycles. The molecule has 0 fully saturated rings. The lowest BCUT2D eigenvalue weighted by Gasteiger charge is -2.25. The Morgan fingerprint density at radius 3 is 2.33 bits per heavy atom. The number of phenols is 1. The first-order valence-electron chi connectivity index (χ1n) is 6.43. The maximum Gasteiger partial charge on any atom is 0.117 e. The largest absolute Gasteiger partial charge is 0.508 e. The predicted octanol–water partition coefficient (Wildman–Crippen LogP) is 4.33. The average molecular weight is 241 g/mol. The summed E-state index contributed by atoms with van der Waals surface area (Å²) in [4.78, 5) is 2.24. The van der Waals surface area contributed by atoms with Gasteiger partial charge in [-0.3, -0.25) is 0 Å². The van der Waals surface area contributed by atoms with E-state index in [2.05, 4.69) is 24.0 Å². The minimum absolute atomic E-state index is 0.310. The SMILES string of the molecule is CCCCN(c1ccccc1)c1cccc(O)c1. The topological polar surface area (TPSA) is 23.5 Å². The highest BCUT2D eigenvalue weighted by Gasteiger charge is 2.08. The third-order valence-corrected chi connectivity index (χ3v) is 2.94. The van der Waals surface area contributed by atoms with Crippen LogP contribution in [0.15, 0.2) is 54.6 Å². The van der Waals surface area contributed by atoms with E-state index in [9.17, 15) is 5.11 Å². The Bertz CT molecular complexity index is 481. The summed E-state index contributed by atoms with van der Waals surface area (Å²) in [5.74, 6) is 0.310.